The number of nitrogens with one attached hydrogen (secondary N) is 1. The molecule has 2 aliphatic carbocycles. The normalized spacial score (nSPS) is 28.1. The average molecular weight is 322 g/mol. The average Bonchev–Trinajstić information content (AvgIpc) is 2.40. The number of rotatable bonds is 4. The fourth-order valence-electron chi connectivity index (χ4n) is 3.52. The molecule has 104 valence electrons. The molecule has 0 spiro atoms. The van der Waals surface area contributed by atoms with Gasteiger partial charge in [0.1, 0.15) is 0 Å². The fourth-order valence-corrected chi connectivity index (χ4v) is 3.78. The van der Waals surface area contributed by atoms with Crippen molar-refractivity contribution in [1.82, 2.24) is 5.32 Å². The molecule has 0 atom stereocenters. The highest BCUT2D eigenvalue weighted by Gasteiger charge is 2.30. The first-order chi connectivity index (χ1) is 9.31. The van der Waals surface area contributed by atoms with Gasteiger partial charge in [0.25, 0.3) is 0 Å². The van der Waals surface area contributed by atoms with Gasteiger partial charge in [-0.05, 0) is 61.8 Å². The largest absolute Gasteiger partial charge is 0.314 e. The van der Waals surface area contributed by atoms with Crippen molar-refractivity contribution in [3.63, 3.8) is 0 Å². The van der Waals surface area contributed by atoms with Crippen LogP contribution in [0.5, 0.6) is 0 Å². The van der Waals surface area contributed by atoms with Gasteiger partial charge in [-0.1, -0.05) is 47.3 Å². The summed E-state index contributed by atoms with van der Waals surface area (Å²) in [4.78, 5) is 0. The van der Waals surface area contributed by atoms with E-state index in [0.29, 0.717) is 0 Å². The molecule has 1 nitrogen and oxygen atoms in total. The molecule has 0 heterocycles. The Kier molecular flexibility index (Phi) is 4.60. The zero-order valence-electron chi connectivity index (χ0n) is 11.6. The van der Waals surface area contributed by atoms with E-state index in [2.05, 4.69) is 45.5 Å². The zero-order chi connectivity index (χ0) is 13.1. The Bertz CT molecular complexity index is 388. The van der Waals surface area contributed by atoms with Crippen LogP contribution in [0, 0.1) is 5.92 Å². The lowest BCUT2D eigenvalue weighted by atomic mass is 9.75. The lowest BCUT2D eigenvalue weighted by Crippen LogP contribution is -2.42. The van der Waals surface area contributed by atoms with Crippen molar-refractivity contribution in [2.75, 3.05) is 6.54 Å². The van der Waals surface area contributed by atoms with E-state index in [4.69, 9.17) is 0 Å². The lowest BCUT2D eigenvalue weighted by Gasteiger charge is -2.37. The third-order valence-corrected chi connectivity index (χ3v) is 5.43. The van der Waals surface area contributed by atoms with Crippen molar-refractivity contribution in [3.05, 3.63) is 34.3 Å². The number of benzene rings is 1. The Morgan fingerprint density at radius 1 is 1.00 bits per heavy atom. The summed E-state index contributed by atoms with van der Waals surface area (Å²) in [6, 6.07) is 9.64. The fraction of sp³-hybridized carbons (Fsp3) is 0.647. The first-order valence-electron chi connectivity index (χ1n) is 7.80. The molecule has 19 heavy (non-hydrogen) atoms. The summed E-state index contributed by atoms with van der Waals surface area (Å²) in [5, 5.41) is 3.79. The van der Waals surface area contributed by atoms with Crippen molar-refractivity contribution < 1.29 is 0 Å². The van der Waals surface area contributed by atoms with Crippen LogP contribution in [0.15, 0.2) is 28.7 Å². The van der Waals surface area contributed by atoms with Gasteiger partial charge < -0.3 is 5.32 Å². The smallest absolute Gasteiger partial charge is 0.0175 e. The van der Waals surface area contributed by atoms with Crippen molar-refractivity contribution >= 4 is 15.9 Å². The van der Waals surface area contributed by atoms with Crippen LogP contribution in [0.25, 0.3) is 0 Å². The van der Waals surface area contributed by atoms with Crippen LogP contribution in [0.4, 0.5) is 0 Å². The van der Waals surface area contributed by atoms with Crippen LogP contribution in [-0.2, 0) is 0 Å². The van der Waals surface area contributed by atoms with Gasteiger partial charge in [-0.2, -0.15) is 0 Å². The van der Waals surface area contributed by atoms with Gasteiger partial charge in [-0.15, -0.1) is 0 Å². The van der Waals surface area contributed by atoms with Crippen molar-refractivity contribution in [2.45, 2.75) is 56.9 Å². The maximum Gasteiger partial charge on any atom is 0.0175 e. The van der Waals surface area contributed by atoms with Gasteiger partial charge in [-0.25, -0.2) is 0 Å². The molecule has 2 aliphatic rings. The van der Waals surface area contributed by atoms with Gasteiger partial charge in [0.05, 0.1) is 0 Å². The van der Waals surface area contributed by atoms with E-state index in [1.165, 1.54) is 61.5 Å². The van der Waals surface area contributed by atoms with E-state index in [9.17, 15) is 0 Å². The molecular weight excluding hydrogens is 298 g/mol. The quantitative estimate of drug-likeness (QED) is 0.834. The molecule has 2 saturated carbocycles. The minimum absolute atomic E-state index is 0.774. The Morgan fingerprint density at radius 3 is 2.37 bits per heavy atom. The first-order valence-corrected chi connectivity index (χ1v) is 8.59. The summed E-state index contributed by atoms with van der Waals surface area (Å²) in [5.41, 5.74) is 1.51. The SMILES string of the molecule is Brc1ccc(C2CC(NCC3CCCCC3)C2)cc1. The predicted molar refractivity (Wildman–Crippen MR) is 84.5 cm³/mol. The molecule has 0 aliphatic heterocycles. The van der Waals surface area contributed by atoms with Gasteiger partial charge in [0.15, 0.2) is 0 Å². The molecule has 1 aromatic rings. The summed E-state index contributed by atoms with van der Waals surface area (Å²) >= 11 is 3.50. The molecule has 2 heteroatoms. The molecule has 1 aromatic carbocycles. The maximum atomic E-state index is 3.79. The van der Waals surface area contributed by atoms with Gasteiger partial charge in [0, 0.05) is 10.5 Å². The Hall–Kier alpha value is -0.340. The molecule has 0 amide bonds. The summed E-state index contributed by atoms with van der Waals surface area (Å²) in [5.74, 6) is 1.75. The number of hydrogen-bond donors (Lipinski definition) is 1. The Morgan fingerprint density at radius 2 is 1.68 bits per heavy atom. The third-order valence-electron chi connectivity index (χ3n) is 4.90. The highest BCUT2D eigenvalue weighted by atomic mass is 79.9. The number of hydrogen-bond acceptors (Lipinski definition) is 1. The van der Waals surface area contributed by atoms with Gasteiger partial charge in [-0.3, -0.25) is 0 Å². The van der Waals surface area contributed by atoms with E-state index in [0.717, 1.165) is 17.9 Å². The molecular formula is C17H24BrN. The van der Waals surface area contributed by atoms with E-state index in [-0.39, 0.29) is 0 Å². The minimum atomic E-state index is 0.774. The van der Waals surface area contributed by atoms with E-state index in [1.807, 2.05) is 0 Å². The Balaban J connectivity index is 1.39. The molecule has 2 fully saturated rings. The lowest BCUT2D eigenvalue weighted by molar-refractivity contribution is 0.255. The molecule has 0 aromatic heterocycles. The molecule has 0 saturated heterocycles. The summed E-state index contributed by atoms with van der Waals surface area (Å²) in [6.07, 6.45) is 9.94. The van der Waals surface area contributed by atoms with Crippen molar-refractivity contribution in [3.8, 4) is 0 Å². The number of halogens is 1. The zero-order valence-corrected chi connectivity index (χ0v) is 13.2. The van der Waals surface area contributed by atoms with Crippen LogP contribution < -0.4 is 5.32 Å². The standard InChI is InChI=1S/C17H24BrN/c18-16-8-6-14(7-9-16)15-10-17(11-15)19-12-13-4-2-1-3-5-13/h6-9,13,15,17,19H,1-5,10-12H2. The third kappa shape index (κ3) is 3.61. The summed E-state index contributed by atoms with van der Waals surface area (Å²) in [6.45, 7) is 1.26. The summed E-state index contributed by atoms with van der Waals surface area (Å²) in [7, 11) is 0. The minimum Gasteiger partial charge on any atom is -0.314 e. The van der Waals surface area contributed by atoms with Crippen LogP contribution in [0.1, 0.15) is 56.4 Å². The van der Waals surface area contributed by atoms with Crippen LogP contribution in [0.2, 0.25) is 0 Å². The molecule has 0 bridgehead atoms. The molecule has 1 N–H and O–H groups in total. The monoisotopic (exact) mass is 321 g/mol. The molecule has 3 rings (SSSR count). The van der Waals surface area contributed by atoms with E-state index >= 15 is 0 Å². The highest BCUT2D eigenvalue weighted by molar-refractivity contribution is 9.10. The van der Waals surface area contributed by atoms with Crippen molar-refractivity contribution in [2.24, 2.45) is 5.92 Å². The summed E-state index contributed by atoms with van der Waals surface area (Å²) < 4.78 is 1.18. The van der Waals surface area contributed by atoms with Crippen molar-refractivity contribution in [1.29, 1.82) is 0 Å². The van der Waals surface area contributed by atoms with Crippen LogP contribution >= 0.6 is 15.9 Å². The van der Waals surface area contributed by atoms with Gasteiger partial charge in [0.2, 0.25) is 0 Å². The molecule has 0 radical (unpaired) electrons. The maximum absolute atomic E-state index is 3.79. The molecule has 0 unspecified atom stereocenters. The topological polar surface area (TPSA) is 12.0 Å². The highest BCUT2D eigenvalue weighted by Crippen LogP contribution is 2.37. The van der Waals surface area contributed by atoms with Crippen LogP contribution in [-0.4, -0.2) is 12.6 Å². The first kappa shape index (κ1) is 13.6. The predicted octanol–water partition coefficient (Wildman–Crippen LogP) is 4.87. The van der Waals surface area contributed by atoms with Crippen LogP contribution in [0.3, 0.4) is 0 Å². The van der Waals surface area contributed by atoms with E-state index < -0.39 is 0 Å². The van der Waals surface area contributed by atoms with E-state index in [1.54, 1.807) is 0 Å². The Labute approximate surface area is 125 Å². The van der Waals surface area contributed by atoms with Gasteiger partial charge >= 0.3 is 0 Å². The second-order valence-electron chi connectivity index (χ2n) is 6.33. The second kappa shape index (κ2) is 6.41. The second-order valence-corrected chi connectivity index (χ2v) is 7.24.